The van der Waals surface area contributed by atoms with E-state index in [0.29, 0.717) is 0 Å². The summed E-state index contributed by atoms with van der Waals surface area (Å²) in [5.41, 5.74) is 8.04. The third-order valence-corrected chi connectivity index (χ3v) is 3.42. The first-order chi connectivity index (χ1) is 6.78. The first-order valence-electron chi connectivity index (χ1n) is 5.17. The Balaban J connectivity index is 2.71. The molecule has 82 valence electrons. The van der Waals surface area contributed by atoms with E-state index in [1.807, 2.05) is 45.9 Å². The molecule has 15 heavy (non-hydrogen) atoms. The van der Waals surface area contributed by atoms with Gasteiger partial charge >= 0.3 is 0 Å². The van der Waals surface area contributed by atoms with Crippen LogP contribution in [-0.2, 0) is 11.1 Å². The van der Waals surface area contributed by atoms with Crippen molar-refractivity contribution in [1.82, 2.24) is 5.06 Å². The van der Waals surface area contributed by atoms with Crippen molar-refractivity contribution in [3.63, 3.8) is 0 Å². The van der Waals surface area contributed by atoms with Crippen molar-refractivity contribution < 1.29 is 5.21 Å². The molecule has 3 nitrogen and oxygen atoms in total. The summed E-state index contributed by atoms with van der Waals surface area (Å²) in [5.74, 6) is 0. The normalized spacial score (nSPS) is 22.7. The predicted octanol–water partition coefficient (Wildman–Crippen LogP) is 2.44. The van der Waals surface area contributed by atoms with Crippen LogP contribution in [0, 0.1) is 0 Å². The fraction of sp³-hybridized carbons (Fsp3) is 0.500. The number of hydrogen-bond acceptors (Lipinski definition) is 3. The molecule has 0 fully saturated rings. The molecule has 0 aromatic heterocycles. The lowest BCUT2D eigenvalue weighted by Gasteiger charge is -2.34. The first kappa shape index (κ1) is 10.5. The van der Waals surface area contributed by atoms with Gasteiger partial charge in [0, 0.05) is 5.69 Å². The SMILES string of the molecule is CC1(C)c2ccc(N)cc2C(C)(C)N1O. The largest absolute Gasteiger partial charge is 0.399 e. The molecule has 0 unspecified atom stereocenters. The van der Waals surface area contributed by atoms with Gasteiger partial charge in [0.25, 0.3) is 0 Å². The lowest BCUT2D eigenvalue weighted by atomic mass is 9.90. The van der Waals surface area contributed by atoms with Gasteiger partial charge in [-0.3, -0.25) is 0 Å². The minimum atomic E-state index is -0.381. The van der Waals surface area contributed by atoms with Gasteiger partial charge in [-0.1, -0.05) is 6.07 Å². The summed E-state index contributed by atoms with van der Waals surface area (Å²) in [4.78, 5) is 0. The van der Waals surface area contributed by atoms with Gasteiger partial charge in [0.15, 0.2) is 0 Å². The van der Waals surface area contributed by atoms with E-state index in [0.717, 1.165) is 16.8 Å². The van der Waals surface area contributed by atoms with E-state index in [-0.39, 0.29) is 11.1 Å². The molecular weight excluding hydrogens is 188 g/mol. The summed E-state index contributed by atoms with van der Waals surface area (Å²) < 4.78 is 0. The molecule has 0 spiro atoms. The molecule has 3 N–H and O–H groups in total. The van der Waals surface area contributed by atoms with Gasteiger partial charge in [-0.2, -0.15) is 5.06 Å². The van der Waals surface area contributed by atoms with Crippen molar-refractivity contribution >= 4 is 5.69 Å². The molecule has 2 rings (SSSR count). The molecule has 0 saturated heterocycles. The maximum absolute atomic E-state index is 10.2. The predicted molar refractivity (Wildman–Crippen MR) is 60.5 cm³/mol. The van der Waals surface area contributed by atoms with Crippen molar-refractivity contribution in [3.05, 3.63) is 29.3 Å². The molecule has 1 heterocycles. The Morgan fingerprint density at radius 2 is 1.60 bits per heavy atom. The number of fused-ring (bicyclic) bond motifs is 1. The number of benzene rings is 1. The van der Waals surface area contributed by atoms with Gasteiger partial charge in [-0.25, -0.2) is 0 Å². The van der Waals surface area contributed by atoms with Gasteiger partial charge in [0.2, 0.25) is 0 Å². The van der Waals surface area contributed by atoms with E-state index in [1.165, 1.54) is 5.06 Å². The zero-order chi connectivity index (χ0) is 11.4. The highest BCUT2D eigenvalue weighted by molar-refractivity contribution is 5.51. The van der Waals surface area contributed by atoms with Crippen molar-refractivity contribution in [2.24, 2.45) is 0 Å². The third kappa shape index (κ3) is 1.20. The zero-order valence-corrected chi connectivity index (χ0v) is 9.70. The average Bonchev–Trinajstić information content (AvgIpc) is 2.26. The number of nitrogens with two attached hydrogens (primary N) is 1. The lowest BCUT2D eigenvalue weighted by Crippen LogP contribution is -2.42. The van der Waals surface area contributed by atoms with Gasteiger partial charge in [0.05, 0.1) is 11.1 Å². The molecule has 0 saturated carbocycles. The number of nitrogens with zero attached hydrogens (tertiary/aromatic N) is 1. The second kappa shape index (κ2) is 2.74. The van der Waals surface area contributed by atoms with E-state index < -0.39 is 0 Å². The minimum Gasteiger partial charge on any atom is -0.399 e. The molecule has 1 aliphatic heterocycles. The first-order valence-corrected chi connectivity index (χ1v) is 5.17. The number of hydroxylamine groups is 2. The van der Waals surface area contributed by atoms with Crippen LogP contribution in [0.15, 0.2) is 18.2 Å². The second-order valence-corrected chi connectivity index (χ2v) is 5.23. The van der Waals surface area contributed by atoms with Gasteiger partial charge in [-0.05, 0) is 51.0 Å². The Morgan fingerprint density at radius 3 is 2.20 bits per heavy atom. The number of rotatable bonds is 0. The Labute approximate surface area is 90.5 Å². The summed E-state index contributed by atoms with van der Waals surface area (Å²) in [6.45, 7) is 8.02. The van der Waals surface area contributed by atoms with Crippen LogP contribution in [-0.4, -0.2) is 10.3 Å². The molecule has 0 radical (unpaired) electrons. The van der Waals surface area contributed by atoms with Crippen LogP contribution in [0.2, 0.25) is 0 Å². The highest BCUT2D eigenvalue weighted by atomic mass is 16.5. The highest BCUT2D eigenvalue weighted by Crippen LogP contribution is 2.48. The summed E-state index contributed by atoms with van der Waals surface area (Å²) in [6.07, 6.45) is 0. The molecule has 1 aliphatic rings. The molecule has 3 heteroatoms. The van der Waals surface area contributed by atoms with E-state index in [9.17, 15) is 5.21 Å². The monoisotopic (exact) mass is 206 g/mol. The van der Waals surface area contributed by atoms with Crippen LogP contribution in [0.3, 0.4) is 0 Å². The molecule has 1 aromatic carbocycles. The van der Waals surface area contributed by atoms with Gasteiger partial charge < -0.3 is 10.9 Å². The van der Waals surface area contributed by atoms with Gasteiger partial charge in [-0.15, -0.1) is 0 Å². The quantitative estimate of drug-likeness (QED) is 0.641. The van der Waals surface area contributed by atoms with E-state index in [1.54, 1.807) is 0 Å². The Morgan fingerprint density at radius 1 is 1.07 bits per heavy atom. The van der Waals surface area contributed by atoms with Crippen molar-refractivity contribution in [1.29, 1.82) is 0 Å². The maximum atomic E-state index is 10.2. The zero-order valence-electron chi connectivity index (χ0n) is 9.70. The van der Waals surface area contributed by atoms with Crippen LogP contribution in [0.25, 0.3) is 0 Å². The Hall–Kier alpha value is -1.06. The van der Waals surface area contributed by atoms with Crippen LogP contribution < -0.4 is 5.73 Å². The summed E-state index contributed by atoms with van der Waals surface area (Å²) in [5, 5.41) is 11.6. The highest BCUT2D eigenvalue weighted by Gasteiger charge is 2.48. The fourth-order valence-electron chi connectivity index (χ4n) is 2.53. The molecule has 1 aromatic rings. The van der Waals surface area contributed by atoms with Crippen LogP contribution >= 0.6 is 0 Å². The Bertz CT molecular complexity index is 410. The van der Waals surface area contributed by atoms with E-state index in [2.05, 4.69) is 0 Å². The van der Waals surface area contributed by atoms with Crippen LogP contribution in [0.4, 0.5) is 5.69 Å². The molecule has 0 bridgehead atoms. The molecule has 0 amide bonds. The summed E-state index contributed by atoms with van der Waals surface area (Å²) in [6, 6.07) is 5.84. The fourth-order valence-corrected chi connectivity index (χ4v) is 2.53. The lowest BCUT2D eigenvalue weighted by molar-refractivity contribution is -0.216. The van der Waals surface area contributed by atoms with Crippen molar-refractivity contribution in [2.45, 2.75) is 38.8 Å². The van der Waals surface area contributed by atoms with E-state index in [4.69, 9.17) is 5.73 Å². The molecule has 0 atom stereocenters. The smallest absolute Gasteiger partial charge is 0.0666 e. The molecular formula is C12H18N2O. The Kier molecular flexibility index (Phi) is 1.91. The molecule has 0 aliphatic carbocycles. The minimum absolute atomic E-state index is 0.355. The second-order valence-electron chi connectivity index (χ2n) is 5.23. The maximum Gasteiger partial charge on any atom is 0.0666 e. The standard InChI is InChI=1S/C12H18N2O/c1-11(2)9-6-5-8(13)7-10(9)12(3,4)14(11)15/h5-7,15H,13H2,1-4H3. The van der Waals surface area contributed by atoms with Gasteiger partial charge in [0.1, 0.15) is 0 Å². The topological polar surface area (TPSA) is 49.5 Å². The van der Waals surface area contributed by atoms with Crippen molar-refractivity contribution in [2.75, 3.05) is 5.73 Å². The van der Waals surface area contributed by atoms with Crippen LogP contribution in [0.1, 0.15) is 38.8 Å². The summed E-state index contributed by atoms with van der Waals surface area (Å²) in [7, 11) is 0. The van der Waals surface area contributed by atoms with E-state index >= 15 is 0 Å². The number of hydrogen-bond donors (Lipinski definition) is 2. The van der Waals surface area contributed by atoms with Crippen molar-refractivity contribution in [3.8, 4) is 0 Å². The number of nitrogen functional groups attached to an aromatic ring is 1. The third-order valence-electron chi connectivity index (χ3n) is 3.42. The van der Waals surface area contributed by atoms with Crippen LogP contribution in [0.5, 0.6) is 0 Å². The number of anilines is 1. The average molecular weight is 206 g/mol. The summed E-state index contributed by atoms with van der Waals surface area (Å²) >= 11 is 0.